The fourth-order valence-electron chi connectivity index (χ4n) is 1.94. The van der Waals surface area contributed by atoms with E-state index in [2.05, 4.69) is 15.0 Å². The molecule has 0 saturated heterocycles. The topological polar surface area (TPSA) is 71.1 Å². The molecule has 0 unspecified atom stereocenters. The monoisotopic (exact) mass is 319 g/mol. The molecule has 0 aliphatic carbocycles. The van der Waals surface area contributed by atoms with Crippen molar-refractivity contribution in [3.05, 3.63) is 48.2 Å². The molecule has 118 valence electrons. The first kappa shape index (κ1) is 16.3. The molecule has 0 amide bonds. The van der Waals surface area contributed by atoms with Gasteiger partial charge < -0.3 is 5.32 Å². The summed E-state index contributed by atoms with van der Waals surface area (Å²) in [5.41, 5.74) is 2.58. The summed E-state index contributed by atoms with van der Waals surface area (Å²) in [6.45, 7) is 3.97. The quantitative estimate of drug-likeness (QED) is 0.817. The van der Waals surface area contributed by atoms with Crippen molar-refractivity contribution in [3.8, 4) is 0 Å². The number of anilines is 3. The van der Waals surface area contributed by atoms with Gasteiger partial charge in [-0.1, -0.05) is 31.5 Å². The van der Waals surface area contributed by atoms with E-state index in [0.717, 1.165) is 17.7 Å². The number of nitrogens with one attached hydrogen (secondary N) is 2. The van der Waals surface area contributed by atoms with Crippen molar-refractivity contribution in [1.29, 1.82) is 0 Å². The zero-order valence-corrected chi connectivity index (χ0v) is 13.7. The Morgan fingerprint density at radius 1 is 1.14 bits per heavy atom. The van der Waals surface area contributed by atoms with E-state index in [1.54, 1.807) is 12.1 Å². The smallest absolute Gasteiger partial charge is 0.232 e. The molecule has 0 aliphatic rings. The lowest BCUT2D eigenvalue weighted by molar-refractivity contribution is 0.598. The maximum atomic E-state index is 11.8. The lowest BCUT2D eigenvalue weighted by Gasteiger charge is -2.10. The molecule has 0 aliphatic heterocycles. The number of nitrogens with zero attached hydrogens (tertiary/aromatic N) is 1. The molecule has 0 radical (unpaired) electrons. The van der Waals surface area contributed by atoms with Crippen molar-refractivity contribution < 1.29 is 8.42 Å². The predicted octanol–water partition coefficient (Wildman–Crippen LogP) is 3.68. The summed E-state index contributed by atoms with van der Waals surface area (Å²) in [5.74, 6) is 0.804. The number of rotatable bonds is 7. The van der Waals surface area contributed by atoms with Gasteiger partial charge in [0.05, 0.1) is 17.6 Å². The number of unbranched alkanes of at least 4 members (excludes halogenated alkanes) is 1. The number of aromatic nitrogens is 1. The van der Waals surface area contributed by atoms with Gasteiger partial charge in [0.25, 0.3) is 0 Å². The molecular weight excluding hydrogens is 298 g/mol. The highest BCUT2D eigenvalue weighted by Gasteiger charge is 2.09. The summed E-state index contributed by atoms with van der Waals surface area (Å²) in [6.07, 6.45) is 3.01. The summed E-state index contributed by atoms with van der Waals surface area (Å²) < 4.78 is 26.2. The average molecular weight is 319 g/mol. The highest BCUT2D eigenvalue weighted by molar-refractivity contribution is 7.92. The molecule has 1 aromatic carbocycles. The van der Waals surface area contributed by atoms with Gasteiger partial charge in [0, 0.05) is 5.69 Å². The lowest BCUT2D eigenvalue weighted by Crippen LogP contribution is -2.16. The largest absolute Gasteiger partial charge is 0.340 e. The van der Waals surface area contributed by atoms with Crippen LogP contribution in [-0.4, -0.2) is 19.2 Å². The van der Waals surface area contributed by atoms with Crippen LogP contribution in [0.3, 0.4) is 0 Å². The van der Waals surface area contributed by atoms with Crippen molar-refractivity contribution >= 4 is 27.2 Å². The van der Waals surface area contributed by atoms with E-state index >= 15 is 0 Å². The molecule has 2 N–H and O–H groups in total. The highest BCUT2D eigenvalue weighted by Crippen LogP contribution is 2.19. The van der Waals surface area contributed by atoms with Crippen LogP contribution in [0.1, 0.15) is 25.3 Å². The number of aryl methyl sites for hydroxylation is 1. The van der Waals surface area contributed by atoms with Gasteiger partial charge in [0.1, 0.15) is 5.82 Å². The Kier molecular flexibility index (Phi) is 5.38. The Morgan fingerprint density at radius 3 is 2.55 bits per heavy atom. The molecule has 0 atom stereocenters. The minimum absolute atomic E-state index is 0.132. The molecule has 22 heavy (non-hydrogen) atoms. The van der Waals surface area contributed by atoms with Gasteiger partial charge in [0.15, 0.2) is 0 Å². The second-order valence-corrected chi connectivity index (χ2v) is 6.99. The second-order valence-electron chi connectivity index (χ2n) is 5.15. The number of hydrogen-bond donors (Lipinski definition) is 2. The molecule has 2 rings (SSSR count). The fourth-order valence-corrected chi connectivity index (χ4v) is 3.19. The lowest BCUT2D eigenvalue weighted by atomic mass is 10.2. The first-order valence-electron chi connectivity index (χ1n) is 7.29. The Morgan fingerprint density at radius 2 is 1.91 bits per heavy atom. The summed E-state index contributed by atoms with van der Waals surface area (Å²) >= 11 is 0. The molecule has 0 fully saturated rings. The van der Waals surface area contributed by atoms with E-state index in [9.17, 15) is 8.42 Å². The van der Waals surface area contributed by atoms with E-state index < -0.39 is 10.0 Å². The van der Waals surface area contributed by atoms with Gasteiger partial charge in [-0.3, -0.25) is 4.72 Å². The van der Waals surface area contributed by atoms with Crippen LogP contribution in [0.5, 0.6) is 0 Å². The van der Waals surface area contributed by atoms with Crippen molar-refractivity contribution in [2.45, 2.75) is 26.7 Å². The molecule has 0 spiro atoms. The van der Waals surface area contributed by atoms with Crippen LogP contribution in [0.4, 0.5) is 17.2 Å². The van der Waals surface area contributed by atoms with Crippen LogP contribution in [0, 0.1) is 6.92 Å². The molecule has 0 bridgehead atoms. The van der Waals surface area contributed by atoms with Crippen LogP contribution in [-0.2, 0) is 10.0 Å². The number of sulfonamides is 1. The maximum Gasteiger partial charge on any atom is 0.232 e. The van der Waals surface area contributed by atoms with Gasteiger partial charge >= 0.3 is 0 Å². The minimum atomic E-state index is -3.29. The van der Waals surface area contributed by atoms with Gasteiger partial charge in [0.2, 0.25) is 10.0 Å². The Hall–Kier alpha value is -2.08. The zero-order valence-electron chi connectivity index (χ0n) is 12.8. The standard InChI is InChI=1S/C16H21N3O2S/c1-3-4-11-22(20,21)19-14-9-10-16(17-12-14)18-15-8-6-5-7-13(15)2/h5-10,12,19H,3-4,11H2,1-2H3,(H,17,18). The third kappa shape index (κ3) is 4.73. The van der Waals surface area contributed by atoms with Gasteiger partial charge in [-0.05, 0) is 37.1 Å². The van der Waals surface area contributed by atoms with Crippen LogP contribution in [0.15, 0.2) is 42.6 Å². The van der Waals surface area contributed by atoms with Gasteiger partial charge in [-0.25, -0.2) is 13.4 Å². The van der Waals surface area contributed by atoms with Crippen molar-refractivity contribution in [1.82, 2.24) is 4.98 Å². The molecule has 5 nitrogen and oxygen atoms in total. The van der Waals surface area contributed by atoms with E-state index in [0.29, 0.717) is 17.9 Å². The van der Waals surface area contributed by atoms with Crippen LogP contribution >= 0.6 is 0 Å². The normalized spacial score (nSPS) is 11.2. The predicted molar refractivity (Wildman–Crippen MR) is 91.0 cm³/mol. The maximum absolute atomic E-state index is 11.8. The Labute approximate surface area is 131 Å². The molecule has 2 aromatic rings. The van der Waals surface area contributed by atoms with E-state index in [-0.39, 0.29) is 5.75 Å². The van der Waals surface area contributed by atoms with Gasteiger partial charge in [-0.2, -0.15) is 0 Å². The van der Waals surface area contributed by atoms with E-state index in [4.69, 9.17) is 0 Å². The zero-order chi connectivity index (χ0) is 16.0. The van der Waals surface area contributed by atoms with E-state index in [1.165, 1.54) is 6.20 Å². The van der Waals surface area contributed by atoms with Crippen molar-refractivity contribution in [2.75, 3.05) is 15.8 Å². The van der Waals surface area contributed by atoms with Gasteiger partial charge in [-0.15, -0.1) is 0 Å². The SMILES string of the molecule is CCCCS(=O)(=O)Nc1ccc(Nc2ccccc2C)nc1. The molecule has 1 heterocycles. The first-order chi connectivity index (χ1) is 10.5. The van der Waals surface area contributed by atoms with E-state index in [1.807, 2.05) is 38.1 Å². The Balaban J connectivity index is 2.03. The molecule has 6 heteroatoms. The van der Waals surface area contributed by atoms with Crippen LogP contribution < -0.4 is 10.0 Å². The average Bonchev–Trinajstić information content (AvgIpc) is 2.49. The van der Waals surface area contributed by atoms with Crippen LogP contribution in [0.25, 0.3) is 0 Å². The molecule has 0 saturated carbocycles. The first-order valence-corrected chi connectivity index (χ1v) is 8.94. The fraction of sp³-hybridized carbons (Fsp3) is 0.312. The minimum Gasteiger partial charge on any atom is -0.340 e. The number of pyridine rings is 1. The Bertz CT molecular complexity index is 712. The summed E-state index contributed by atoms with van der Waals surface area (Å²) in [6, 6.07) is 11.4. The number of hydrogen-bond acceptors (Lipinski definition) is 4. The summed E-state index contributed by atoms with van der Waals surface area (Å²) in [5, 5.41) is 3.21. The summed E-state index contributed by atoms with van der Waals surface area (Å²) in [7, 11) is -3.29. The number of para-hydroxylation sites is 1. The van der Waals surface area contributed by atoms with Crippen molar-refractivity contribution in [3.63, 3.8) is 0 Å². The number of benzene rings is 1. The third-order valence-electron chi connectivity index (χ3n) is 3.21. The second kappa shape index (κ2) is 7.26. The molecular formula is C16H21N3O2S. The van der Waals surface area contributed by atoms with Crippen molar-refractivity contribution in [2.24, 2.45) is 0 Å². The highest BCUT2D eigenvalue weighted by atomic mass is 32.2. The summed E-state index contributed by atoms with van der Waals surface area (Å²) in [4.78, 5) is 4.24. The molecule has 1 aromatic heterocycles. The third-order valence-corrected chi connectivity index (χ3v) is 4.58. The van der Waals surface area contributed by atoms with Crippen LogP contribution in [0.2, 0.25) is 0 Å².